The number of nitrogens with one attached hydrogen (secondary N) is 1. The van der Waals surface area contributed by atoms with E-state index in [9.17, 15) is 8.42 Å². The van der Waals surface area contributed by atoms with Crippen LogP contribution >= 0.6 is 0 Å². The number of sulfone groups is 1. The first-order chi connectivity index (χ1) is 9.62. The molecule has 0 amide bonds. The summed E-state index contributed by atoms with van der Waals surface area (Å²) in [6.07, 6.45) is 3.33. The Hall–Kier alpha value is -1.07. The summed E-state index contributed by atoms with van der Waals surface area (Å²) in [6.45, 7) is 3.08. The first-order valence-corrected chi connectivity index (χ1v) is 9.22. The Morgan fingerprint density at radius 2 is 1.85 bits per heavy atom. The standard InChI is InChI=1S/C15H22N2O2S/c18-20(19)10-7-14(12-20)16-11-13-3-5-15(6-4-13)17-8-1-2-9-17/h3-6,14,16H,1-2,7-12H2. The number of hydrogen-bond donors (Lipinski definition) is 1. The highest BCUT2D eigenvalue weighted by Gasteiger charge is 2.27. The van der Waals surface area contributed by atoms with Gasteiger partial charge in [-0.25, -0.2) is 8.42 Å². The van der Waals surface area contributed by atoms with Crippen molar-refractivity contribution in [1.29, 1.82) is 0 Å². The Kier molecular flexibility index (Phi) is 3.98. The quantitative estimate of drug-likeness (QED) is 0.915. The lowest BCUT2D eigenvalue weighted by Crippen LogP contribution is -2.29. The van der Waals surface area contributed by atoms with Gasteiger partial charge in [-0.15, -0.1) is 0 Å². The van der Waals surface area contributed by atoms with Crippen molar-refractivity contribution in [1.82, 2.24) is 5.32 Å². The molecule has 0 saturated carbocycles. The van der Waals surface area contributed by atoms with Gasteiger partial charge in [0.1, 0.15) is 0 Å². The molecule has 110 valence electrons. The Morgan fingerprint density at radius 1 is 1.15 bits per heavy atom. The van der Waals surface area contributed by atoms with Gasteiger partial charge in [0, 0.05) is 31.4 Å². The zero-order valence-electron chi connectivity index (χ0n) is 11.7. The van der Waals surface area contributed by atoms with Crippen molar-refractivity contribution in [3.05, 3.63) is 29.8 Å². The lowest BCUT2D eigenvalue weighted by molar-refractivity contribution is 0.554. The van der Waals surface area contributed by atoms with E-state index in [1.54, 1.807) is 0 Å². The highest BCUT2D eigenvalue weighted by atomic mass is 32.2. The number of benzene rings is 1. The topological polar surface area (TPSA) is 49.4 Å². The van der Waals surface area contributed by atoms with Crippen LogP contribution in [0.2, 0.25) is 0 Å². The van der Waals surface area contributed by atoms with Gasteiger partial charge in [-0.05, 0) is 37.0 Å². The fourth-order valence-corrected chi connectivity index (χ4v) is 4.73. The highest BCUT2D eigenvalue weighted by molar-refractivity contribution is 7.91. The maximum atomic E-state index is 11.4. The summed E-state index contributed by atoms with van der Waals surface area (Å²) in [4.78, 5) is 2.42. The molecule has 20 heavy (non-hydrogen) atoms. The molecule has 1 N–H and O–H groups in total. The molecule has 1 atom stereocenters. The van der Waals surface area contributed by atoms with E-state index in [1.807, 2.05) is 0 Å². The van der Waals surface area contributed by atoms with E-state index in [0.29, 0.717) is 11.5 Å². The molecule has 2 fully saturated rings. The molecule has 5 heteroatoms. The van der Waals surface area contributed by atoms with E-state index < -0.39 is 9.84 Å². The van der Waals surface area contributed by atoms with Crippen LogP contribution in [0.25, 0.3) is 0 Å². The molecule has 0 radical (unpaired) electrons. The number of hydrogen-bond acceptors (Lipinski definition) is 4. The van der Waals surface area contributed by atoms with Gasteiger partial charge in [0.15, 0.2) is 9.84 Å². The van der Waals surface area contributed by atoms with Gasteiger partial charge in [-0.1, -0.05) is 12.1 Å². The number of nitrogens with zero attached hydrogens (tertiary/aromatic N) is 1. The van der Waals surface area contributed by atoms with Crippen molar-refractivity contribution >= 4 is 15.5 Å². The lowest BCUT2D eigenvalue weighted by Gasteiger charge is -2.18. The third-order valence-corrected chi connectivity index (χ3v) is 6.00. The maximum Gasteiger partial charge on any atom is 0.151 e. The normalized spacial score (nSPS) is 25.2. The summed E-state index contributed by atoms with van der Waals surface area (Å²) in [7, 11) is -2.79. The summed E-state index contributed by atoms with van der Waals surface area (Å²) >= 11 is 0. The van der Waals surface area contributed by atoms with Gasteiger partial charge in [0.2, 0.25) is 0 Å². The van der Waals surface area contributed by atoms with Crippen molar-refractivity contribution in [2.24, 2.45) is 0 Å². The molecule has 1 unspecified atom stereocenters. The zero-order valence-corrected chi connectivity index (χ0v) is 12.5. The van der Waals surface area contributed by atoms with E-state index in [2.05, 4.69) is 34.5 Å². The van der Waals surface area contributed by atoms with Gasteiger partial charge >= 0.3 is 0 Å². The Bertz CT molecular complexity index is 548. The molecular weight excluding hydrogens is 272 g/mol. The van der Waals surface area contributed by atoms with Crippen molar-refractivity contribution in [3.8, 4) is 0 Å². The Balaban J connectivity index is 1.53. The second kappa shape index (κ2) is 5.74. The first-order valence-electron chi connectivity index (χ1n) is 7.40. The van der Waals surface area contributed by atoms with E-state index in [4.69, 9.17) is 0 Å². The van der Waals surface area contributed by atoms with Crippen LogP contribution in [0.4, 0.5) is 5.69 Å². The minimum absolute atomic E-state index is 0.123. The molecule has 1 aromatic carbocycles. The van der Waals surface area contributed by atoms with Crippen LogP contribution < -0.4 is 10.2 Å². The minimum atomic E-state index is -2.79. The monoisotopic (exact) mass is 294 g/mol. The maximum absolute atomic E-state index is 11.4. The van der Waals surface area contributed by atoms with Crippen molar-refractivity contribution in [2.45, 2.75) is 31.8 Å². The number of rotatable bonds is 4. The molecule has 0 bridgehead atoms. The van der Waals surface area contributed by atoms with E-state index in [0.717, 1.165) is 26.1 Å². The SMILES string of the molecule is O=S1(=O)CCC(NCc2ccc(N3CCCC3)cc2)C1. The average molecular weight is 294 g/mol. The molecule has 0 aromatic heterocycles. The van der Waals surface area contributed by atoms with Crippen LogP contribution in [-0.4, -0.2) is 39.1 Å². The second-order valence-corrected chi connectivity index (χ2v) is 8.07. The Labute approximate surface area is 121 Å². The van der Waals surface area contributed by atoms with Crippen LogP contribution in [-0.2, 0) is 16.4 Å². The van der Waals surface area contributed by atoms with E-state index in [-0.39, 0.29) is 6.04 Å². The average Bonchev–Trinajstić information content (AvgIpc) is 3.06. The van der Waals surface area contributed by atoms with Gasteiger partial charge in [0.05, 0.1) is 11.5 Å². The molecule has 2 aliphatic heterocycles. The molecule has 2 heterocycles. The fraction of sp³-hybridized carbons (Fsp3) is 0.600. The molecule has 0 spiro atoms. The molecule has 1 aromatic rings. The highest BCUT2D eigenvalue weighted by Crippen LogP contribution is 2.20. The summed E-state index contributed by atoms with van der Waals surface area (Å²) in [5, 5.41) is 3.35. The van der Waals surface area contributed by atoms with Crippen LogP contribution in [0.1, 0.15) is 24.8 Å². The third kappa shape index (κ3) is 3.33. The summed E-state index contributed by atoms with van der Waals surface area (Å²) < 4.78 is 22.8. The van der Waals surface area contributed by atoms with Crippen LogP contribution in [0, 0.1) is 0 Å². The van der Waals surface area contributed by atoms with Gasteiger partial charge in [0.25, 0.3) is 0 Å². The minimum Gasteiger partial charge on any atom is -0.372 e. The van der Waals surface area contributed by atoms with Crippen LogP contribution in [0.5, 0.6) is 0 Å². The van der Waals surface area contributed by atoms with Gasteiger partial charge < -0.3 is 10.2 Å². The predicted molar refractivity (Wildman–Crippen MR) is 81.8 cm³/mol. The second-order valence-electron chi connectivity index (χ2n) is 5.84. The smallest absolute Gasteiger partial charge is 0.151 e. The lowest BCUT2D eigenvalue weighted by atomic mass is 10.1. The predicted octanol–water partition coefficient (Wildman–Crippen LogP) is 1.56. The summed E-state index contributed by atoms with van der Waals surface area (Å²) in [6, 6.07) is 8.76. The molecule has 2 saturated heterocycles. The number of anilines is 1. The van der Waals surface area contributed by atoms with Crippen molar-refractivity contribution < 1.29 is 8.42 Å². The van der Waals surface area contributed by atoms with Crippen molar-refractivity contribution in [3.63, 3.8) is 0 Å². The summed E-state index contributed by atoms with van der Waals surface area (Å²) in [5.74, 6) is 0.622. The zero-order chi connectivity index (χ0) is 14.0. The van der Waals surface area contributed by atoms with Gasteiger partial charge in [-0.2, -0.15) is 0 Å². The fourth-order valence-electron chi connectivity index (χ4n) is 3.02. The molecule has 3 rings (SSSR count). The van der Waals surface area contributed by atoms with E-state index in [1.165, 1.54) is 24.1 Å². The molecule has 0 aliphatic carbocycles. The van der Waals surface area contributed by atoms with Gasteiger partial charge in [-0.3, -0.25) is 0 Å². The molecule has 2 aliphatic rings. The first kappa shape index (κ1) is 13.9. The van der Waals surface area contributed by atoms with Crippen LogP contribution in [0.3, 0.4) is 0 Å². The molecule has 4 nitrogen and oxygen atoms in total. The van der Waals surface area contributed by atoms with Crippen LogP contribution in [0.15, 0.2) is 24.3 Å². The third-order valence-electron chi connectivity index (χ3n) is 4.23. The Morgan fingerprint density at radius 3 is 2.45 bits per heavy atom. The summed E-state index contributed by atoms with van der Waals surface area (Å²) in [5.41, 5.74) is 2.52. The van der Waals surface area contributed by atoms with Crippen molar-refractivity contribution in [2.75, 3.05) is 29.5 Å². The molecular formula is C15H22N2O2S. The largest absolute Gasteiger partial charge is 0.372 e. The van der Waals surface area contributed by atoms with E-state index >= 15 is 0 Å².